The standard InChI is InChI=1S/C61H81N2O13P/c1-59-29-28-48(64)35-47(59)24-25-49-50-36-55-61(60(50,2)37-51(65)57(49)59,75-58(74-55)44-20-9-6-10-21-44)54(67)41-73-56(68)27-22-43-19-15-31-63(39-43)40-46-34-45(23-26-53(46)76-77(69,70)71)52(66)38-62-30-12-3-4-13-32-72-33-14-11-18-42-16-7-5-8-17-42/h5,7-8,15-17,19,23,26,28-29,31,34-35,39,44,49-52,55,57-58,62,65-66H,3-4,6,9-14,18,20-22,24-25,27,30,32-33,36-38,40-41H2,1-2H3,(H-,69,70,71)/p+1/t49-,50-,51-,52?,55+,57+,58+,59-,60-,61+/m0/s1. The molecule has 1 aliphatic heterocycles. The van der Waals surface area contributed by atoms with Gasteiger partial charge in [0.2, 0.25) is 5.78 Å². The van der Waals surface area contributed by atoms with E-state index in [-0.39, 0.29) is 60.4 Å². The van der Waals surface area contributed by atoms with Crippen LogP contribution >= 0.6 is 7.82 Å². The number of fused-ring (bicyclic) bond motifs is 7. The Morgan fingerprint density at radius 3 is 2.48 bits per heavy atom. The summed E-state index contributed by atoms with van der Waals surface area (Å²) in [5.41, 5.74) is 1.54. The van der Waals surface area contributed by atoms with Gasteiger partial charge in [0.1, 0.15) is 5.75 Å². The zero-order chi connectivity index (χ0) is 54.2. The molecule has 1 unspecified atom stereocenters. The molecule has 418 valence electrons. The first-order chi connectivity index (χ1) is 37.1. The molecule has 5 N–H and O–H groups in total. The third-order valence-corrected chi connectivity index (χ3v) is 18.7. The highest BCUT2D eigenvalue weighted by molar-refractivity contribution is 7.46. The Balaban J connectivity index is 0.768. The molecule has 5 fully saturated rings. The summed E-state index contributed by atoms with van der Waals surface area (Å²) in [6, 6.07) is 18.9. The van der Waals surface area contributed by atoms with Crippen molar-refractivity contribution in [2.24, 2.45) is 34.5 Å². The first kappa shape index (κ1) is 57.3. The Labute approximate surface area is 454 Å². The van der Waals surface area contributed by atoms with Gasteiger partial charge in [0.15, 0.2) is 43.2 Å². The van der Waals surface area contributed by atoms with E-state index in [1.807, 2.05) is 35.0 Å². The molecule has 6 aliphatic rings. The van der Waals surface area contributed by atoms with Gasteiger partial charge in [0, 0.05) is 60.5 Å². The molecular formula is C61H82N2O13P+. The van der Waals surface area contributed by atoms with E-state index in [1.54, 1.807) is 30.5 Å². The number of phosphoric ester groups is 1. The number of carbonyl (C=O) groups is 3. The van der Waals surface area contributed by atoms with Crippen molar-refractivity contribution in [3.63, 3.8) is 0 Å². The number of ether oxygens (including phenoxy) is 4. The number of nitrogens with zero attached hydrogens (tertiary/aromatic N) is 1. The molecule has 3 aromatic rings. The highest BCUT2D eigenvalue weighted by atomic mass is 31.2. The molecule has 0 amide bonds. The molecule has 10 atom stereocenters. The lowest BCUT2D eigenvalue weighted by Gasteiger charge is -2.59. The third kappa shape index (κ3) is 13.3. The highest BCUT2D eigenvalue weighted by Gasteiger charge is 2.76. The van der Waals surface area contributed by atoms with E-state index in [9.17, 15) is 38.9 Å². The van der Waals surface area contributed by atoms with Crippen LogP contribution in [0.1, 0.15) is 145 Å². The predicted molar refractivity (Wildman–Crippen MR) is 288 cm³/mol. The Kier molecular flexibility index (Phi) is 18.9. The molecule has 0 bridgehead atoms. The van der Waals surface area contributed by atoms with Crippen molar-refractivity contribution in [3.05, 3.63) is 119 Å². The third-order valence-electron chi connectivity index (χ3n) is 18.2. The van der Waals surface area contributed by atoms with Crippen LogP contribution in [0.15, 0.2) is 96.9 Å². The molecule has 2 aromatic carbocycles. The van der Waals surface area contributed by atoms with Crippen LogP contribution in [0, 0.1) is 34.5 Å². The fourth-order valence-electron chi connectivity index (χ4n) is 14.4. The number of carbonyl (C=O) groups excluding carboxylic acids is 3. The van der Waals surface area contributed by atoms with Crippen molar-refractivity contribution in [3.8, 4) is 5.75 Å². The number of pyridine rings is 1. The van der Waals surface area contributed by atoms with Crippen molar-refractivity contribution in [2.75, 3.05) is 32.9 Å². The fourth-order valence-corrected chi connectivity index (χ4v) is 14.8. The zero-order valence-corrected chi connectivity index (χ0v) is 46.0. The average Bonchev–Trinajstić information content (AvgIpc) is 4.16. The maximum Gasteiger partial charge on any atom is 0.524 e. The first-order valence-corrected chi connectivity index (χ1v) is 30.1. The van der Waals surface area contributed by atoms with Crippen LogP contribution in [0.25, 0.3) is 0 Å². The number of rotatable bonds is 26. The Bertz CT molecular complexity index is 2630. The van der Waals surface area contributed by atoms with Gasteiger partial charge in [-0.1, -0.05) is 94.0 Å². The van der Waals surface area contributed by atoms with Crippen LogP contribution in [0.2, 0.25) is 0 Å². The summed E-state index contributed by atoms with van der Waals surface area (Å²) in [4.78, 5) is 60.5. The van der Waals surface area contributed by atoms with Crippen LogP contribution in [0.3, 0.4) is 0 Å². The number of benzene rings is 2. The minimum absolute atomic E-state index is 0.00101. The van der Waals surface area contributed by atoms with E-state index in [2.05, 4.69) is 43.4 Å². The number of hydrogen-bond donors (Lipinski definition) is 5. The summed E-state index contributed by atoms with van der Waals surface area (Å²) in [6.07, 6.45) is 21.4. The molecule has 16 heteroatoms. The summed E-state index contributed by atoms with van der Waals surface area (Å²) < 4.78 is 44.4. The topological polar surface area (TPSA) is 211 Å². The van der Waals surface area contributed by atoms with E-state index in [0.29, 0.717) is 30.5 Å². The molecule has 15 nitrogen and oxygen atoms in total. The van der Waals surface area contributed by atoms with Gasteiger partial charge < -0.3 is 39.0 Å². The second-order valence-corrected chi connectivity index (χ2v) is 24.5. The van der Waals surface area contributed by atoms with Gasteiger partial charge >= 0.3 is 13.8 Å². The van der Waals surface area contributed by atoms with Gasteiger partial charge in [-0.05, 0) is 137 Å². The van der Waals surface area contributed by atoms with E-state index in [0.717, 1.165) is 121 Å². The molecule has 0 spiro atoms. The predicted octanol–water partition coefficient (Wildman–Crippen LogP) is 8.71. The van der Waals surface area contributed by atoms with E-state index in [4.69, 9.17) is 23.5 Å². The zero-order valence-electron chi connectivity index (χ0n) is 45.1. The maximum atomic E-state index is 15.0. The molecule has 4 saturated carbocycles. The summed E-state index contributed by atoms with van der Waals surface area (Å²) in [5.74, 6) is -0.844. The number of aryl methyl sites for hydroxylation is 2. The number of aliphatic hydroxyl groups excluding tert-OH is 2. The van der Waals surface area contributed by atoms with Crippen LogP contribution in [-0.4, -0.2) is 94.5 Å². The molecule has 1 saturated heterocycles. The van der Waals surface area contributed by atoms with E-state index in [1.165, 1.54) is 11.6 Å². The van der Waals surface area contributed by atoms with Crippen molar-refractivity contribution in [1.82, 2.24) is 5.32 Å². The van der Waals surface area contributed by atoms with Gasteiger partial charge in [0.05, 0.1) is 23.9 Å². The van der Waals surface area contributed by atoms with Crippen LogP contribution in [-0.2, 0) is 57.3 Å². The van der Waals surface area contributed by atoms with Crippen LogP contribution < -0.4 is 14.4 Å². The maximum absolute atomic E-state index is 15.0. The first-order valence-electron chi connectivity index (χ1n) is 28.6. The second kappa shape index (κ2) is 25.4. The molecule has 2 heterocycles. The van der Waals surface area contributed by atoms with Crippen LogP contribution in [0.5, 0.6) is 5.75 Å². The monoisotopic (exact) mass is 1080 g/mol. The molecule has 0 radical (unpaired) electrons. The van der Waals surface area contributed by atoms with Gasteiger partial charge in [-0.25, -0.2) is 9.13 Å². The Morgan fingerprint density at radius 1 is 0.922 bits per heavy atom. The lowest BCUT2D eigenvalue weighted by atomic mass is 9.46. The number of esters is 1. The fraction of sp³-hybridized carbons (Fsp3) is 0.607. The lowest BCUT2D eigenvalue weighted by molar-refractivity contribution is -0.688. The number of hydrogen-bond acceptors (Lipinski definition) is 12. The van der Waals surface area contributed by atoms with Crippen LogP contribution in [0.4, 0.5) is 0 Å². The molecule has 5 aliphatic carbocycles. The van der Waals surface area contributed by atoms with Gasteiger partial charge in [-0.3, -0.25) is 24.2 Å². The minimum Gasteiger partial charge on any atom is -0.458 e. The van der Waals surface area contributed by atoms with Crippen molar-refractivity contribution in [2.45, 2.75) is 166 Å². The summed E-state index contributed by atoms with van der Waals surface area (Å²) in [6.45, 7) is 6.44. The lowest BCUT2D eigenvalue weighted by Crippen LogP contribution is -2.63. The quantitative estimate of drug-likeness (QED) is 0.0220. The number of allylic oxidation sites excluding steroid dienone is 4. The van der Waals surface area contributed by atoms with Gasteiger partial charge in [-0.15, -0.1) is 0 Å². The van der Waals surface area contributed by atoms with Gasteiger partial charge in [0.25, 0.3) is 0 Å². The largest absolute Gasteiger partial charge is 0.524 e. The van der Waals surface area contributed by atoms with Crippen molar-refractivity contribution >= 4 is 25.4 Å². The number of aliphatic hydroxyl groups is 2. The highest BCUT2D eigenvalue weighted by Crippen LogP contribution is 2.70. The Morgan fingerprint density at radius 2 is 1.69 bits per heavy atom. The summed E-state index contributed by atoms with van der Waals surface area (Å²) in [7, 11) is -4.92. The van der Waals surface area contributed by atoms with E-state index < -0.39 is 61.4 Å². The molecular weight excluding hydrogens is 1000 g/mol. The number of nitrogens with one attached hydrogen (secondary N) is 1. The summed E-state index contributed by atoms with van der Waals surface area (Å²) >= 11 is 0. The minimum atomic E-state index is -4.92. The second-order valence-electron chi connectivity index (χ2n) is 23.3. The number of aromatic nitrogens is 1. The molecule has 77 heavy (non-hydrogen) atoms. The normalized spacial score (nSPS) is 29.2. The number of phosphoric acid groups is 1. The average molecular weight is 1080 g/mol. The summed E-state index contributed by atoms with van der Waals surface area (Å²) in [5, 5.41) is 26.7. The number of Topliss-reactive ketones (excluding diaryl/α,β-unsaturated/α-hetero) is 1. The van der Waals surface area contributed by atoms with E-state index >= 15 is 0 Å². The number of ketones is 2. The smallest absolute Gasteiger partial charge is 0.458 e. The van der Waals surface area contributed by atoms with Crippen molar-refractivity contribution < 1.29 is 67.0 Å². The van der Waals surface area contributed by atoms with Crippen molar-refractivity contribution in [1.29, 1.82) is 0 Å². The molecule has 1 aromatic heterocycles. The number of unbranched alkanes of at least 4 members (excludes halogenated alkanes) is 4. The molecule has 9 rings (SSSR count). The SMILES string of the molecule is C[C@]12C=CC(=O)C=C1CC[C@@H]1[C@@H]2[C@@H](O)C[C@@]2(C)[C@H]1C[C@H]1O[C@@H](C3CCCCC3)O[C@]12C(=O)COC(=O)CCc1ccc[n+](Cc2cc(C(O)CNCCCCCCOCCCCc3ccccc3)ccc2OP(=O)(O)O)c1. The van der Waals surface area contributed by atoms with Gasteiger partial charge in [-0.2, -0.15) is 0 Å². The Hall–Kier alpha value is -4.41.